The summed E-state index contributed by atoms with van der Waals surface area (Å²) in [5, 5.41) is 2.91. The number of halogens is 1. The summed E-state index contributed by atoms with van der Waals surface area (Å²) in [6, 6.07) is 5.65. The smallest absolute Gasteiger partial charge is 0.151 e. The van der Waals surface area contributed by atoms with Gasteiger partial charge in [-0.25, -0.2) is 4.98 Å². The molecule has 68 valence electrons. The first-order chi connectivity index (χ1) is 6.27. The van der Waals surface area contributed by atoms with E-state index in [4.69, 9.17) is 0 Å². The fourth-order valence-corrected chi connectivity index (χ4v) is 1.23. The largest absolute Gasteiger partial charge is 0.346 e. The first-order valence-corrected chi connectivity index (χ1v) is 4.54. The molecule has 0 aliphatic rings. The SMILES string of the molecule is C=CNC(=NC)c1cccc(Br)n1. The summed E-state index contributed by atoms with van der Waals surface area (Å²) < 4.78 is 0.789. The lowest BCUT2D eigenvalue weighted by Gasteiger charge is -2.03. The van der Waals surface area contributed by atoms with Crippen molar-refractivity contribution in [2.75, 3.05) is 7.05 Å². The molecule has 1 heterocycles. The molecular formula is C9H10BrN3. The van der Waals surface area contributed by atoms with Crippen LogP contribution in [0.25, 0.3) is 0 Å². The number of nitrogens with zero attached hydrogens (tertiary/aromatic N) is 2. The van der Waals surface area contributed by atoms with Crippen LogP contribution in [0.1, 0.15) is 5.69 Å². The number of pyridine rings is 1. The van der Waals surface area contributed by atoms with Crippen LogP contribution in [0.4, 0.5) is 0 Å². The number of nitrogens with one attached hydrogen (secondary N) is 1. The van der Waals surface area contributed by atoms with Crippen LogP contribution >= 0.6 is 15.9 Å². The van der Waals surface area contributed by atoms with Crippen molar-refractivity contribution in [1.82, 2.24) is 10.3 Å². The molecule has 0 saturated carbocycles. The van der Waals surface area contributed by atoms with Crippen LogP contribution in [-0.2, 0) is 0 Å². The van der Waals surface area contributed by atoms with Gasteiger partial charge in [-0.2, -0.15) is 0 Å². The van der Waals surface area contributed by atoms with E-state index in [9.17, 15) is 0 Å². The van der Waals surface area contributed by atoms with Crippen molar-refractivity contribution in [2.24, 2.45) is 4.99 Å². The average molecular weight is 240 g/mol. The Labute approximate surface area is 85.7 Å². The second-order valence-corrected chi connectivity index (χ2v) is 3.08. The summed E-state index contributed by atoms with van der Waals surface area (Å²) in [6.45, 7) is 3.56. The van der Waals surface area contributed by atoms with E-state index < -0.39 is 0 Å². The highest BCUT2D eigenvalue weighted by Gasteiger charge is 2.01. The van der Waals surface area contributed by atoms with Gasteiger partial charge < -0.3 is 5.32 Å². The van der Waals surface area contributed by atoms with E-state index in [0.717, 1.165) is 10.3 Å². The maximum atomic E-state index is 4.24. The van der Waals surface area contributed by atoms with Crippen molar-refractivity contribution in [3.63, 3.8) is 0 Å². The lowest BCUT2D eigenvalue weighted by molar-refractivity contribution is 1.16. The van der Waals surface area contributed by atoms with E-state index in [1.807, 2.05) is 18.2 Å². The van der Waals surface area contributed by atoms with E-state index in [1.165, 1.54) is 0 Å². The first-order valence-electron chi connectivity index (χ1n) is 3.75. The molecule has 3 nitrogen and oxygen atoms in total. The fraction of sp³-hybridized carbons (Fsp3) is 0.111. The first kappa shape index (κ1) is 9.92. The third kappa shape index (κ3) is 2.66. The van der Waals surface area contributed by atoms with Gasteiger partial charge in [0.25, 0.3) is 0 Å². The van der Waals surface area contributed by atoms with Gasteiger partial charge in [-0.05, 0) is 34.3 Å². The molecular weight excluding hydrogens is 230 g/mol. The van der Waals surface area contributed by atoms with Crippen LogP contribution in [0.2, 0.25) is 0 Å². The molecule has 1 aromatic heterocycles. The minimum absolute atomic E-state index is 0.705. The fourth-order valence-electron chi connectivity index (χ4n) is 0.890. The zero-order valence-electron chi connectivity index (χ0n) is 7.29. The van der Waals surface area contributed by atoms with Crippen LogP contribution in [0, 0.1) is 0 Å². The van der Waals surface area contributed by atoms with E-state index >= 15 is 0 Å². The normalized spacial score (nSPS) is 11.1. The second kappa shape index (κ2) is 4.77. The van der Waals surface area contributed by atoms with Crippen LogP contribution < -0.4 is 5.32 Å². The maximum Gasteiger partial charge on any atom is 0.151 e. The van der Waals surface area contributed by atoms with Crippen LogP contribution in [-0.4, -0.2) is 17.9 Å². The molecule has 0 aliphatic heterocycles. The van der Waals surface area contributed by atoms with Gasteiger partial charge in [0.15, 0.2) is 5.84 Å². The van der Waals surface area contributed by atoms with Gasteiger partial charge in [-0.3, -0.25) is 4.99 Å². The molecule has 4 heteroatoms. The van der Waals surface area contributed by atoms with Crippen molar-refractivity contribution in [1.29, 1.82) is 0 Å². The molecule has 0 amide bonds. The van der Waals surface area contributed by atoms with Crippen molar-refractivity contribution in [3.8, 4) is 0 Å². The standard InChI is InChI=1S/C9H10BrN3/c1-3-12-9(11-2)7-5-4-6-8(10)13-7/h3-6H,1H2,2H3,(H,11,12). The van der Waals surface area contributed by atoms with Crippen molar-refractivity contribution < 1.29 is 0 Å². The number of aromatic nitrogens is 1. The Kier molecular flexibility index (Phi) is 3.64. The summed E-state index contributed by atoms with van der Waals surface area (Å²) in [5.41, 5.74) is 0.789. The van der Waals surface area contributed by atoms with Gasteiger partial charge >= 0.3 is 0 Å². The number of amidine groups is 1. The molecule has 0 atom stereocenters. The summed E-state index contributed by atoms with van der Waals surface area (Å²) in [7, 11) is 1.70. The van der Waals surface area contributed by atoms with Gasteiger partial charge in [0.1, 0.15) is 10.3 Å². The Morgan fingerprint density at radius 3 is 3.00 bits per heavy atom. The lowest BCUT2D eigenvalue weighted by Crippen LogP contribution is -2.19. The highest BCUT2D eigenvalue weighted by Crippen LogP contribution is 2.06. The quantitative estimate of drug-likeness (QED) is 0.487. The Hall–Kier alpha value is -1.16. The summed E-state index contributed by atoms with van der Waals surface area (Å²) in [4.78, 5) is 8.28. The minimum atomic E-state index is 0.705. The van der Waals surface area contributed by atoms with E-state index in [-0.39, 0.29) is 0 Å². The molecule has 0 aliphatic carbocycles. The Morgan fingerprint density at radius 2 is 2.46 bits per heavy atom. The minimum Gasteiger partial charge on any atom is -0.346 e. The third-order valence-electron chi connectivity index (χ3n) is 1.42. The third-order valence-corrected chi connectivity index (χ3v) is 1.86. The summed E-state index contributed by atoms with van der Waals surface area (Å²) in [6.07, 6.45) is 1.57. The van der Waals surface area contributed by atoms with Crippen molar-refractivity contribution in [2.45, 2.75) is 0 Å². The van der Waals surface area contributed by atoms with E-state index in [1.54, 1.807) is 13.2 Å². The van der Waals surface area contributed by atoms with Crippen molar-refractivity contribution in [3.05, 3.63) is 41.3 Å². The Morgan fingerprint density at radius 1 is 1.69 bits per heavy atom. The van der Waals surface area contributed by atoms with Crippen LogP contribution in [0.5, 0.6) is 0 Å². The Bertz CT molecular complexity index is 333. The highest BCUT2D eigenvalue weighted by atomic mass is 79.9. The number of hydrogen-bond donors (Lipinski definition) is 1. The van der Waals surface area contributed by atoms with Crippen molar-refractivity contribution >= 4 is 21.8 Å². The predicted octanol–water partition coefficient (Wildman–Crippen LogP) is 1.95. The number of aliphatic imine (C=N–C) groups is 1. The van der Waals surface area contributed by atoms with Crippen LogP contribution in [0.3, 0.4) is 0 Å². The van der Waals surface area contributed by atoms with E-state index in [2.05, 4.69) is 37.8 Å². The zero-order valence-corrected chi connectivity index (χ0v) is 8.87. The molecule has 13 heavy (non-hydrogen) atoms. The van der Waals surface area contributed by atoms with E-state index in [0.29, 0.717) is 5.84 Å². The predicted molar refractivity (Wildman–Crippen MR) is 57.7 cm³/mol. The number of hydrogen-bond acceptors (Lipinski definition) is 2. The second-order valence-electron chi connectivity index (χ2n) is 2.27. The topological polar surface area (TPSA) is 37.3 Å². The molecule has 0 bridgehead atoms. The molecule has 1 rings (SSSR count). The zero-order chi connectivity index (χ0) is 9.68. The molecule has 0 unspecified atom stereocenters. The molecule has 1 N–H and O–H groups in total. The van der Waals surface area contributed by atoms with Gasteiger partial charge in [-0.15, -0.1) is 0 Å². The Balaban J connectivity index is 2.98. The monoisotopic (exact) mass is 239 g/mol. The molecule has 0 aromatic carbocycles. The molecule has 0 fully saturated rings. The van der Waals surface area contributed by atoms with Gasteiger partial charge in [-0.1, -0.05) is 12.6 Å². The van der Waals surface area contributed by atoms with Gasteiger partial charge in [0.2, 0.25) is 0 Å². The summed E-state index contributed by atoms with van der Waals surface area (Å²) in [5.74, 6) is 0.705. The molecule has 0 saturated heterocycles. The summed E-state index contributed by atoms with van der Waals surface area (Å²) >= 11 is 3.29. The lowest BCUT2D eigenvalue weighted by atomic mass is 10.3. The molecule has 0 radical (unpaired) electrons. The van der Waals surface area contributed by atoms with Gasteiger partial charge in [0, 0.05) is 7.05 Å². The molecule has 1 aromatic rings. The number of rotatable bonds is 2. The highest BCUT2D eigenvalue weighted by molar-refractivity contribution is 9.10. The van der Waals surface area contributed by atoms with Crippen LogP contribution in [0.15, 0.2) is 40.6 Å². The maximum absolute atomic E-state index is 4.24. The van der Waals surface area contributed by atoms with Gasteiger partial charge in [0.05, 0.1) is 0 Å². The molecule has 0 spiro atoms. The average Bonchev–Trinajstić information content (AvgIpc) is 2.14.